The van der Waals surface area contributed by atoms with E-state index in [0.29, 0.717) is 13.2 Å². The summed E-state index contributed by atoms with van der Waals surface area (Å²) in [5, 5.41) is 0. The molecule has 2 aromatic carbocycles. The first-order chi connectivity index (χ1) is 12.6. The van der Waals surface area contributed by atoms with Crippen molar-refractivity contribution in [1.29, 1.82) is 0 Å². The fraction of sp³-hybridized carbons (Fsp3) is 0.409. The number of amides is 1. The molecule has 0 radical (unpaired) electrons. The Hall–Kier alpha value is -2.33. The molecule has 3 rings (SSSR count). The number of likely N-dealkylation sites (N-methyl/N-ethyl adjacent to an activating group) is 1. The molecule has 1 unspecified atom stereocenters. The summed E-state index contributed by atoms with van der Waals surface area (Å²) in [4.78, 5) is 17.0. The molecule has 0 saturated carbocycles. The van der Waals surface area contributed by atoms with Crippen molar-refractivity contribution in [3.63, 3.8) is 0 Å². The molecule has 0 aliphatic carbocycles. The number of hydrogen-bond donors (Lipinski definition) is 0. The van der Waals surface area contributed by atoms with E-state index < -0.39 is 0 Å². The first-order valence-corrected chi connectivity index (χ1v) is 9.36. The van der Waals surface area contributed by atoms with Gasteiger partial charge in [-0.05, 0) is 49.6 Å². The highest BCUT2D eigenvalue weighted by molar-refractivity contribution is 5.82. The molecule has 2 aromatic rings. The van der Waals surface area contributed by atoms with Gasteiger partial charge in [0.1, 0.15) is 12.4 Å². The normalized spacial score (nSPS) is 17.2. The molecule has 0 N–H and O–H groups in total. The zero-order chi connectivity index (χ0) is 18.4. The van der Waals surface area contributed by atoms with Crippen LogP contribution >= 0.6 is 0 Å². The lowest BCUT2D eigenvalue weighted by atomic mass is 10.1. The van der Waals surface area contributed by atoms with E-state index in [2.05, 4.69) is 29.2 Å². The summed E-state index contributed by atoms with van der Waals surface area (Å²) in [5.74, 6) is 1.06. The highest BCUT2D eigenvalue weighted by Crippen LogP contribution is 2.21. The quantitative estimate of drug-likeness (QED) is 0.765. The van der Waals surface area contributed by atoms with Crippen LogP contribution < -0.4 is 4.74 Å². The van der Waals surface area contributed by atoms with Crippen LogP contribution in [-0.4, -0.2) is 48.5 Å². The first-order valence-electron chi connectivity index (χ1n) is 9.36. The van der Waals surface area contributed by atoms with Crippen molar-refractivity contribution in [1.82, 2.24) is 9.80 Å². The number of nitrogens with zero attached hydrogens (tertiary/aromatic N) is 2. The summed E-state index contributed by atoms with van der Waals surface area (Å²) in [6.45, 7) is 4.98. The van der Waals surface area contributed by atoms with Gasteiger partial charge in [0, 0.05) is 13.6 Å². The SMILES string of the molecule is Cc1cccc(OCCN(C)C(=O)C2CCCN2Cc2ccccc2)c1. The monoisotopic (exact) mass is 352 g/mol. The molecule has 0 bridgehead atoms. The Morgan fingerprint density at radius 2 is 2.00 bits per heavy atom. The molecular weight excluding hydrogens is 324 g/mol. The molecule has 138 valence electrons. The van der Waals surface area contributed by atoms with Crippen LogP contribution in [0, 0.1) is 6.92 Å². The van der Waals surface area contributed by atoms with Gasteiger partial charge in [-0.2, -0.15) is 0 Å². The number of rotatable bonds is 7. The second-order valence-corrected chi connectivity index (χ2v) is 7.04. The third kappa shape index (κ3) is 4.85. The van der Waals surface area contributed by atoms with Crippen LogP contribution in [0.25, 0.3) is 0 Å². The third-order valence-corrected chi connectivity index (χ3v) is 4.94. The Labute approximate surface area is 156 Å². The van der Waals surface area contributed by atoms with Crippen LogP contribution in [0.3, 0.4) is 0 Å². The predicted octanol–water partition coefficient (Wildman–Crippen LogP) is 3.50. The van der Waals surface area contributed by atoms with E-state index >= 15 is 0 Å². The Balaban J connectivity index is 1.50. The Morgan fingerprint density at radius 3 is 2.77 bits per heavy atom. The van der Waals surface area contributed by atoms with Crippen molar-refractivity contribution < 1.29 is 9.53 Å². The second-order valence-electron chi connectivity index (χ2n) is 7.04. The van der Waals surface area contributed by atoms with Gasteiger partial charge >= 0.3 is 0 Å². The van der Waals surface area contributed by atoms with E-state index in [4.69, 9.17) is 4.74 Å². The lowest BCUT2D eigenvalue weighted by Crippen LogP contribution is -2.44. The van der Waals surface area contributed by atoms with E-state index in [9.17, 15) is 4.79 Å². The van der Waals surface area contributed by atoms with Gasteiger partial charge in [0.15, 0.2) is 0 Å². The minimum absolute atomic E-state index is 0.0147. The molecule has 0 spiro atoms. The predicted molar refractivity (Wildman–Crippen MR) is 104 cm³/mol. The number of ether oxygens (including phenoxy) is 1. The summed E-state index contributed by atoms with van der Waals surface area (Å²) in [5.41, 5.74) is 2.44. The zero-order valence-electron chi connectivity index (χ0n) is 15.7. The van der Waals surface area contributed by atoms with E-state index in [0.717, 1.165) is 31.7 Å². The van der Waals surface area contributed by atoms with Gasteiger partial charge < -0.3 is 9.64 Å². The number of carbonyl (C=O) groups excluding carboxylic acids is 1. The maximum Gasteiger partial charge on any atom is 0.239 e. The summed E-state index contributed by atoms with van der Waals surface area (Å²) >= 11 is 0. The Kier molecular flexibility index (Phi) is 6.29. The van der Waals surface area contributed by atoms with Gasteiger partial charge in [-0.1, -0.05) is 42.5 Å². The molecule has 1 fully saturated rings. The van der Waals surface area contributed by atoms with Gasteiger partial charge in [0.25, 0.3) is 0 Å². The standard InChI is InChI=1S/C22H28N2O2/c1-18-8-6-11-20(16-18)26-15-14-23(2)22(25)21-12-7-13-24(21)17-19-9-4-3-5-10-19/h3-6,8-11,16,21H,7,12-15,17H2,1-2H3. The van der Waals surface area contributed by atoms with Crippen molar-refractivity contribution in [3.8, 4) is 5.75 Å². The van der Waals surface area contributed by atoms with Gasteiger partial charge in [0.05, 0.1) is 12.6 Å². The lowest BCUT2D eigenvalue weighted by molar-refractivity contribution is -0.135. The summed E-state index contributed by atoms with van der Waals surface area (Å²) in [6, 6.07) is 18.4. The smallest absolute Gasteiger partial charge is 0.239 e. The summed E-state index contributed by atoms with van der Waals surface area (Å²) in [7, 11) is 1.88. The highest BCUT2D eigenvalue weighted by atomic mass is 16.5. The average molecular weight is 352 g/mol. The number of carbonyl (C=O) groups is 1. The van der Waals surface area contributed by atoms with Crippen molar-refractivity contribution in [2.45, 2.75) is 32.4 Å². The Morgan fingerprint density at radius 1 is 1.19 bits per heavy atom. The fourth-order valence-corrected chi connectivity index (χ4v) is 3.48. The van der Waals surface area contributed by atoms with Crippen LogP contribution in [0.1, 0.15) is 24.0 Å². The molecule has 1 heterocycles. The van der Waals surface area contributed by atoms with E-state index in [-0.39, 0.29) is 11.9 Å². The van der Waals surface area contributed by atoms with E-state index in [1.807, 2.05) is 49.2 Å². The van der Waals surface area contributed by atoms with Crippen LogP contribution in [0.2, 0.25) is 0 Å². The van der Waals surface area contributed by atoms with Gasteiger partial charge in [-0.15, -0.1) is 0 Å². The number of likely N-dealkylation sites (tertiary alicyclic amines) is 1. The maximum atomic E-state index is 12.9. The molecule has 4 nitrogen and oxygen atoms in total. The fourth-order valence-electron chi connectivity index (χ4n) is 3.48. The van der Waals surface area contributed by atoms with Crippen LogP contribution in [0.5, 0.6) is 5.75 Å². The van der Waals surface area contributed by atoms with Gasteiger partial charge in [0.2, 0.25) is 5.91 Å². The average Bonchev–Trinajstić information content (AvgIpc) is 3.10. The van der Waals surface area contributed by atoms with E-state index in [1.54, 1.807) is 0 Å². The van der Waals surface area contributed by atoms with Crippen molar-refractivity contribution in [3.05, 3.63) is 65.7 Å². The minimum atomic E-state index is -0.0147. The zero-order valence-corrected chi connectivity index (χ0v) is 15.7. The molecule has 1 atom stereocenters. The Bertz CT molecular complexity index is 717. The third-order valence-electron chi connectivity index (χ3n) is 4.94. The summed E-state index contributed by atoms with van der Waals surface area (Å²) in [6.07, 6.45) is 2.02. The minimum Gasteiger partial charge on any atom is -0.492 e. The van der Waals surface area contributed by atoms with Gasteiger partial charge in [-0.3, -0.25) is 9.69 Å². The molecule has 1 amide bonds. The second kappa shape index (κ2) is 8.86. The first kappa shape index (κ1) is 18.5. The molecule has 1 saturated heterocycles. The molecular formula is C22H28N2O2. The van der Waals surface area contributed by atoms with Crippen molar-refractivity contribution >= 4 is 5.91 Å². The van der Waals surface area contributed by atoms with Crippen molar-refractivity contribution in [2.24, 2.45) is 0 Å². The van der Waals surface area contributed by atoms with Gasteiger partial charge in [-0.25, -0.2) is 0 Å². The lowest BCUT2D eigenvalue weighted by Gasteiger charge is -2.28. The molecule has 0 aromatic heterocycles. The van der Waals surface area contributed by atoms with Crippen molar-refractivity contribution in [2.75, 3.05) is 26.7 Å². The summed E-state index contributed by atoms with van der Waals surface area (Å²) < 4.78 is 5.79. The maximum absolute atomic E-state index is 12.9. The highest BCUT2D eigenvalue weighted by Gasteiger charge is 2.32. The number of benzene rings is 2. The van der Waals surface area contributed by atoms with Crippen LogP contribution in [0.4, 0.5) is 0 Å². The number of aryl methyl sites for hydroxylation is 1. The number of hydrogen-bond acceptors (Lipinski definition) is 3. The molecule has 4 heteroatoms. The molecule has 1 aliphatic rings. The topological polar surface area (TPSA) is 32.8 Å². The largest absolute Gasteiger partial charge is 0.492 e. The van der Waals surface area contributed by atoms with Crippen LogP contribution in [0.15, 0.2) is 54.6 Å². The molecule has 26 heavy (non-hydrogen) atoms. The van der Waals surface area contributed by atoms with Crippen LogP contribution in [-0.2, 0) is 11.3 Å². The molecule has 1 aliphatic heterocycles. The van der Waals surface area contributed by atoms with E-state index in [1.165, 1.54) is 11.1 Å².